The summed E-state index contributed by atoms with van der Waals surface area (Å²) in [6.07, 6.45) is 0. The molecule has 1 aromatic rings. The molecule has 1 heterocycles. The number of sulfonamides is 1. The van der Waals surface area contributed by atoms with E-state index in [1.165, 1.54) is 12.1 Å². The first-order chi connectivity index (χ1) is 6.06. The van der Waals surface area contributed by atoms with E-state index in [4.69, 9.17) is 16.7 Å². The van der Waals surface area contributed by atoms with Crippen molar-refractivity contribution >= 4 is 33.0 Å². The summed E-state index contributed by atoms with van der Waals surface area (Å²) in [4.78, 5) is 0. The Labute approximate surface area is 85.2 Å². The average molecular weight is 242 g/mol. The highest BCUT2D eigenvalue weighted by Gasteiger charge is 2.15. The van der Waals surface area contributed by atoms with Crippen molar-refractivity contribution in [3.63, 3.8) is 0 Å². The van der Waals surface area contributed by atoms with Crippen LogP contribution in [0, 0.1) is 0 Å². The third kappa shape index (κ3) is 2.92. The molecule has 0 aliphatic rings. The Morgan fingerprint density at radius 1 is 1.54 bits per heavy atom. The fourth-order valence-electron chi connectivity index (χ4n) is 0.693. The van der Waals surface area contributed by atoms with Gasteiger partial charge in [-0.25, -0.2) is 13.1 Å². The van der Waals surface area contributed by atoms with Gasteiger partial charge in [0.2, 0.25) is 10.0 Å². The maximum absolute atomic E-state index is 11.3. The van der Waals surface area contributed by atoms with Crippen molar-refractivity contribution in [1.82, 2.24) is 4.72 Å². The SMILES string of the molecule is O=S(=O)(NCCO)c1ccc(Cl)s1. The van der Waals surface area contributed by atoms with Crippen molar-refractivity contribution < 1.29 is 13.5 Å². The summed E-state index contributed by atoms with van der Waals surface area (Å²) in [5.41, 5.74) is 0. The number of nitrogens with one attached hydrogen (secondary N) is 1. The molecule has 0 fully saturated rings. The molecular formula is C6H8ClNO3S2. The number of aliphatic hydroxyl groups excluding tert-OH is 1. The van der Waals surface area contributed by atoms with Gasteiger partial charge in [0.05, 0.1) is 10.9 Å². The summed E-state index contributed by atoms with van der Waals surface area (Å²) < 4.78 is 25.5. The topological polar surface area (TPSA) is 66.4 Å². The average Bonchev–Trinajstić information content (AvgIpc) is 2.49. The largest absolute Gasteiger partial charge is 0.395 e. The van der Waals surface area contributed by atoms with Gasteiger partial charge in [-0.1, -0.05) is 11.6 Å². The molecule has 74 valence electrons. The Bertz CT molecular complexity index is 373. The van der Waals surface area contributed by atoms with E-state index < -0.39 is 10.0 Å². The van der Waals surface area contributed by atoms with E-state index in [2.05, 4.69) is 4.72 Å². The molecule has 0 aliphatic carbocycles. The van der Waals surface area contributed by atoms with Crippen molar-refractivity contribution in [1.29, 1.82) is 0 Å². The van der Waals surface area contributed by atoms with Crippen LogP contribution in [0.25, 0.3) is 0 Å². The van der Waals surface area contributed by atoms with E-state index in [1.54, 1.807) is 0 Å². The minimum Gasteiger partial charge on any atom is -0.395 e. The first-order valence-electron chi connectivity index (χ1n) is 3.42. The van der Waals surface area contributed by atoms with E-state index >= 15 is 0 Å². The molecule has 1 rings (SSSR count). The molecule has 0 unspecified atom stereocenters. The molecule has 0 amide bonds. The Morgan fingerprint density at radius 3 is 2.69 bits per heavy atom. The minimum atomic E-state index is -3.48. The van der Waals surface area contributed by atoms with Gasteiger partial charge in [-0.3, -0.25) is 0 Å². The molecule has 0 atom stereocenters. The van der Waals surface area contributed by atoms with Crippen LogP contribution < -0.4 is 4.72 Å². The molecule has 0 saturated heterocycles. The third-order valence-corrected chi connectivity index (χ3v) is 4.40. The van der Waals surface area contributed by atoms with Crippen LogP contribution in [0.4, 0.5) is 0 Å². The molecule has 13 heavy (non-hydrogen) atoms. The highest BCUT2D eigenvalue weighted by molar-refractivity contribution is 7.91. The van der Waals surface area contributed by atoms with E-state index in [0.29, 0.717) is 4.34 Å². The fraction of sp³-hybridized carbons (Fsp3) is 0.333. The van der Waals surface area contributed by atoms with Gasteiger partial charge in [0.1, 0.15) is 4.21 Å². The Kier molecular flexibility index (Phi) is 3.69. The van der Waals surface area contributed by atoms with Crippen LogP contribution in [0.3, 0.4) is 0 Å². The smallest absolute Gasteiger partial charge is 0.250 e. The quantitative estimate of drug-likeness (QED) is 0.815. The summed E-state index contributed by atoms with van der Waals surface area (Å²) in [5, 5.41) is 8.43. The number of hydrogen-bond acceptors (Lipinski definition) is 4. The zero-order valence-electron chi connectivity index (χ0n) is 6.53. The number of thiophene rings is 1. The van der Waals surface area contributed by atoms with Crippen LogP contribution in [0.15, 0.2) is 16.3 Å². The van der Waals surface area contributed by atoms with Crippen LogP contribution in [0.1, 0.15) is 0 Å². The molecule has 0 saturated carbocycles. The Hall–Kier alpha value is -0.140. The van der Waals surface area contributed by atoms with E-state index in [9.17, 15) is 8.42 Å². The lowest BCUT2D eigenvalue weighted by Crippen LogP contribution is -2.25. The molecular weight excluding hydrogens is 234 g/mol. The van der Waals surface area contributed by atoms with Gasteiger partial charge in [0.25, 0.3) is 0 Å². The molecule has 0 radical (unpaired) electrons. The Morgan fingerprint density at radius 2 is 2.23 bits per heavy atom. The van der Waals surface area contributed by atoms with Crippen molar-refractivity contribution in [3.05, 3.63) is 16.5 Å². The van der Waals surface area contributed by atoms with Gasteiger partial charge < -0.3 is 5.11 Å². The van der Waals surface area contributed by atoms with Crippen LogP contribution in [-0.4, -0.2) is 26.7 Å². The second-order valence-corrected chi connectivity index (χ2v) is 5.89. The second kappa shape index (κ2) is 4.39. The lowest BCUT2D eigenvalue weighted by molar-refractivity contribution is 0.301. The summed E-state index contributed by atoms with van der Waals surface area (Å²) >= 11 is 6.56. The maximum Gasteiger partial charge on any atom is 0.250 e. The van der Waals surface area contributed by atoms with Crippen LogP contribution in [-0.2, 0) is 10.0 Å². The molecule has 0 aromatic carbocycles. The highest BCUT2D eigenvalue weighted by atomic mass is 35.5. The summed E-state index contributed by atoms with van der Waals surface area (Å²) in [6, 6.07) is 2.94. The molecule has 1 aromatic heterocycles. The predicted octanol–water partition coefficient (Wildman–Crippen LogP) is 0.672. The molecule has 0 aliphatic heterocycles. The van der Waals surface area contributed by atoms with Crippen LogP contribution >= 0.6 is 22.9 Å². The zero-order chi connectivity index (χ0) is 9.90. The van der Waals surface area contributed by atoms with Crippen LogP contribution in [0.2, 0.25) is 4.34 Å². The maximum atomic E-state index is 11.3. The monoisotopic (exact) mass is 241 g/mol. The molecule has 2 N–H and O–H groups in total. The number of hydrogen-bond donors (Lipinski definition) is 2. The van der Waals surface area contributed by atoms with Gasteiger partial charge in [-0.2, -0.15) is 0 Å². The summed E-state index contributed by atoms with van der Waals surface area (Å²) in [7, 11) is -3.48. The standard InChI is InChI=1S/C6H8ClNO3S2/c7-5-1-2-6(12-5)13(10,11)8-3-4-9/h1-2,8-9H,3-4H2. The van der Waals surface area contributed by atoms with Crippen molar-refractivity contribution in [2.45, 2.75) is 4.21 Å². The molecule has 7 heteroatoms. The predicted molar refractivity (Wildman–Crippen MR) is 51.6 cm³/mol. The number of halogens is 1. The third-order valence-electron chi connectivity index (χ3n) is 1.22. The van der Waals surface area contributed by atoms with Gasteiger partial charge in [0.15, 0.2) is 0 Å². The fourth-order valence-corrected chi connectivity index (χ4v) is 3.24. The highest BCUT2D eigenvalue weighted by Crippen LogP contribution is 2.24. The first kappa shape index (κ1) is 10.9. The second-order valence-electron chi connectivity index (χ2n) is 2.18. The molecule has 0 spiro atoms. The molecule has 4 nitrogen and oxygen atoms in total. The summed E-state index contributed by atoms with van der Waals surface area (Å²) in [5.74, 6) is 0. The number of aliphatic hydroxyl groups is 1. The van der Waals surface area contributed by atoms with E-state index in [0.717, 1.165) is 11.3 Å². The Balaban J connectivity index is 2.82. The van der Waals surface area contributed by atoms with Crippen molar-refractivity contribution in [2.75, 3.05) is 13.2 Å². The zero-order valence-corrected chi connectivity index (χ0v) is 8.92. The first-order valence-corrected chi connectivity index (χ1v) is 6.10. The summed E-state index contributed by atoms with van der Waals surface area (Å²) in [6.45, 7) is -0.212. The van der Waals surface area contributed by atoms with Crippen molar-refractivity contribution in [2.24, 2.45) is 0 Å². The van der Waals surface area contributed by atoms with E-state index in [-0.39, 0.29) is 17.4 Å². The van der Waals surface area contributed by atoms with Gasteiger partial charge in [-0.05, 0) is 12.1 Å². The number of rotatable bonds is 4. The lowest BCUT2D eigenvalue weighted by atomic mass is 10.7. The molecule has 0 bridgehead atoms. The lowest BCUT2D eigenvalue weighted by Gasteiger charge is -2.00. The normalized spacial score (nSPS) is 11.8. The minimum absolute atomic E-state index is 0.0118. The van der Waals surface area contributed by atoms with Gasteiger partial charge >= 0.3 is 0 Å². The van der Waals surface area contributed by atoms with Crippen molar-refractivity contribution in [3.8, 4) is 0 Å². The van der Waals surface area contributed by atoms with Gasteiger partial charge in [-0.15, -0.1) is 11.3 Å². The van der Waals surface area contributed by atoms with Crippen LogP contribution in [0.5, 0.6) is 0 Å². The van der Waals surface area contributed by atoms with E-state index in [1.807, 2.05) is 0 Å². The van der Waals surface area contributed by atoms with Gasteiger partial charge in [0, 0.05) is 6.54 Å².